The summed E-state index contributed by atoms with van der Waals surface area (Å²) >= 11 is 0. The fourth-order valence-electron chi connectivity index (χ4n) is 2.85. The topological polar surface area (TPSA) is 58.2 Å². The van der Waals surface area contributed by atoms with Crippen molar-refractivity contribution in [3.05, 3.63) is 35.4 Å². The molecule has 0 saturated heterocycles. The molecular weight excluding hydrogens is 272 g/mol. The summed E-state index contributed by atoms with van der Waals surface area (Å²) in [6, 6.07) is 7.73. The number of hydrogen-bond acceptors (Lipinski definition) is 3. The average Bonchev–Trinajstić information content (AvgIpc) is 2.77. The predicted molar refractivity (Wildman–Crippen MR) is 81.8 cm³/mol. The molecular formula is C15H24N2O2S. The van der Waals surface area contributed by atoms with Gasteiger partial charge >= 0.3 is 0 Å². The molecule has 5 heteroatoms. The van der Waals surface area contributed by atoms with Crippen LogP contribution in [-0.4, -0.2) is 21.0 Å². The maximum Gasteiger partial charge on any atom is 0.216 e. The zero-order valence-electron chi connectivity index (χ0n) is 12.3. The molecule has 0 amide bonds. The predicted octanol–water partition coefficient (Wildman–Crippen LogP) is 2.16. The normalized spacial score (nSPS) is 18.3. The van der Waals surface area contributed by atoms with Gasteiger partial charge in [0.2, 0.25) is 10.0 Å². The van der Waals surface area contributed by atoms with Crippen molar-refractivity contribution in [1.29, 1.82) is 0 Å². The van der Waals surface area contributed by atoms with Crippen LogP contribution < -0.4 is 10.0 Å². The second-order valence-corrected chi connectivity index (χ2v) is 7.70. The van der Waals surface area contributed by atoms with Crippen LogP contribution in [0.5, 0.6) is 0 Å². The second kappa shape index (κ2) is 6.24. The quantitative estimate of drug-likeness (QED) is 0.846. The molecule has 1 aliphatic carbocycles. The van der Waals surface area contributed by atoms with Crippen LogP contribution >= 0.6 is 0 Å². The molecule has 4 nitrogen and oxygen atoms in total. The Labute approximate surface area is 122 Å². The van der Waals surface area contributed by atoms with Crippen molar-refractivity contribution in [2.45, 2.75) is 50.4 Å². The number of rotatable bonds is 6. The van der Waals surface area contributed by atoms with Crippen molar-refractivity contribution in [2.75, 3.05) is 7.05 Å². The molecule has 0 radical (unpaired) electrons. The zero-order chi connectivity index (χ0) is 14.6. The fraction of sp³-hybridized carbons (Fsp3) is 0.600. The van der Waals surface area contributed by atoms with E-state index in [1.54, 1.807) is 0 Å². The van der Waals surface area contributed by atoms with Crippen LogP contribution in [0.15, 0.2) is 24.3 Å². The molecule has 1 aliphatic rings. The molecule has 0 spiro atoms. The third-order valence-electron chi connectivity index (χ3n) is 3.87. The molecule has 0 aromatic heterocycles. The Hall–Kier alpha value is -0.910. The smallest absolute Gasteiger partial charge is 0.216 e. The summed E-state index contributed by atoms with van der Waals surface area (Å²) in [7, 11) is -1.37. The molecule has 0 unspecified atom stereocenters. The van der Waals surface area contributed by atoms with E-state index in [1.807, 2.05) is 38.2 Å². The summed E-state index contributed by atoms with van der Waals surface area (Å²) in [6.45, 7) is 2.80. The van der Waals surface area contributed by atoms with Gasteiger partial charge in [0.25, 0.3) is 0 Å². The molecule has 1 fully saturated rings. The van der Waals surface area contributed by atoms with Crippen LogP contribution in [0.1, 0.15) is 43.7 Å². The van der Waals surface area contributed by atoms with Crippen LogP contribution in [0.25, 0.3) is 0 Å². The minimum absolute atomic E-state index is 0.0580. The summed E-state index contributed by atoms with van der Waals surface area (Å²) in [5.74, 6) is 0.0580. The lowest BCUT2D eigenvalue weighted by Crippen LogP contribution is -2.43. The zero-order valence-corrected chi connectivity index (χ0v) is 13.1. The maximum atomic E-state index is 12.2. The first-order valence-electron chi connectivity index (χ1n) is 7.17. The third-order valence-corrected chi connectivity index (χ3v) is 5.39. The van der Waals surface area contributed by atoms with Crippen molar-refractivity contribution < 1.29 is 8.42 Å². The first-order valence-corrected chi connectivity index (χ1v) is 8.82. The monoisotopic (exact) mass is 296 g/mol. The van der Waals surface area contributed by atoms with Gasteiger partial charge < -0.3 is 5.32 Å². The highest BCUT2D eigenvalue weighted by atomic mass is 32.2. The van der Waals surface area contributed by atoms with Crippen LogP contribution in [0.4, 0.5) is 0 Å². The maximum absolute atomic E-state index is 12.2. The number of hydrogen-bond donors (Lipinski definition) is 2. The van der Waals surface area contributed by atoms with Gasteiger partial charge in [-0.2, -0.15) is 0 Å². The van der Waals surface area contributed by atoms with E-state index in [0.29, 0.717) is 0 Å². The van der Waals surface area contributed by atoms with E-state index in [4.69, 9.17) is 0 Å². The average molecular weight is 296 g/mol. The Morgan fingerprint density at radius 3 is 2.20 bits per heavy atom. The Morgan fingerprint density at radius 1 is 1.10 bits per heavy atom. The SMILES string of the molecule is CNCc1ccc(CS(=O)(=O)NC2(C)CCCC2)cc1. The third kappa shape index (κ3) is 4.30. The van der Waals surface area contributed by atoms with Crippen molar-refractivity contribution in [3.8, 4) is 0 Å². The molecule has 1 aromatic carbocycles. The lowest BCUT2D eigenvalue weighted by molar-refractivity contribution is 0.427. The van der Waals surface area contributed by atoms with Crippen molar-refractivity contribution in [1.82, 2.24) is 10.0 Å². The van der Waals surface area contributed by atoms with Gasteiger partial charge in [0.05, 0.1) is 5.75 Å². The van der Waals surface area contributed by atoms with E-state index in [9.17, 15) is 8.42 Å². The van der Waals surface area contributed by atoms with Gasteiger partial charge in [-0.05, 0) is 37.9 Å². The van der Waals surface area contributed by atoms with Crippen LogP contribution in [0.2, 0.25) is 0 Å². The Kier molecular flexibility index (Phi) is 4.83. The Bertz CT molecular complexity index is 531. The Morgan fingerprint density at radius 2 is 1.65 bits per heavy atom. The number of sulfonamides is 1. The van der Waals surface area contributed by atoms with Crippen LogP contribution in [0.3, 0.4) is 0 Å². The van der Waals surface area contributed by atoms with E-state index in [0.717, 1.165) is 43.4 Å². The summed E-state index contributed by atoms with van der Waals surface area (Å²) in [5, 5.41) is 3.07. The molecule has 0 heterocycles. The molecule has 2 N–H and O–H groups in total. The van der Waals surface area contributed by atoms with Crippen molar-refractivity contribution >= 4 is 10.0 Å². The van der Waals surface area contributed by atoms with Gasteiger partial charge in [-0.1, -0.05) is 37.1 Å². The minimum atomic E-state index is -3.27. The molecule has 0 aliphatic heterocycles. The fourth-order valence-corrected chi connectivity index (χ4v) is 4.50. The van der Waals surface area contributed by atoms with E-state index in [2.05, 4.69) is 10.0 Å². The molecule has 20 heavy (non-hydrogen) atoms. The standard InChI is InChI=1S/C15H24N2O2S/c1-15(9-3-4-10-15)17-20(18,19)12-14-7-5-13(6-8-14)11-16-2/h5-8,16-17H,3-4,9-12H2,1-2H3. The summed E-state index contributed by atoms with van der Waals surface area (Å²) in [6.07, 6.45) is 4.09. The summed E-state index contributed by atoms with van der Waals surface area (Å²) in [4.78, 5) is 0. The van der Waals surface area contributed by atoms with E-state index >= 15 is 0 Å². The summed E-state index contributed by atoms with van der Waals surface area (Å²) < 4.78 is 27.4. The van der Waals surface area contributed by atoms with Gasteiger partial charge in [0.1, 0.15) is 0 Å². The molecule has 0 atom stereocenters. The number of benzene rings is 1. The van der Waals surface area contributed by atoms with E-state index in [1.165, 1.54) is 0 Å². The highest BCUT2D eigenvalue weighted by Gasteiger charge is 2.32. The minimum Gasteiger partial charge on any atom is -0.316 e. The first-order chi connectivity index (χ1) is 9.42. The van der Waals surface area contributed by atoms with Gasteiger partial charge in [-0.15, -0.1) is 0 Å². The summed E-state index contributed by atoms with van der Waals surface area (Å²) in [5.41, 5.74) is 1.74. The van der Waals surface area contributed by atoms with Gasteiger partial charge in [0, 0.05) is 12.1 Å². The highest BCUT2D eigenvalue weighted by Crippen LogP contribution is 2.29. The Balaban J connectivity index is 2.00. The van der Waals surface area contributed by atoms with Gasteiger partial charge in [0.15, 0.2) is 0 Å². The lowest BCUT2D eigenvalue weighted by atomic mass is 10.0. The molecule has 112 valence electrons. The largest absolute Gasteiger partial charge is 0.316 e. The van der Waals surface area contributed by atoms with Crippen LogP contribution in [0, 0.1) is 0 Å². The van der Waals surface area contributed by atoms with Crippen LogP contribution in [-0.2, 0) is 22.3 Å². The molecule has 0 bridgehead atoms. The molecule has 2 rings (SSSR count). The van der Waals surface area contributed by atoms with E-state index < -0.39 is 10.0 Å². The highest BCUT2D eigenvalue weighted by molar-refractivity contribution is 7.88. The van der Waals surface area contributed by atoms with E-state index in [-0.39, 0.29) is 11.3 Å². The van der Waals surface area contributed by atoms with Gasteiger partial charge in [-0.25, -0.2) is 13.1 Å². The first kappa shape index (κ1) is 15.5. The second-order valence-electron chi connectivity index (χ2n) is 5.98. The van der Waals surface area contributed by atoms with Crippen molar-refractivity contribution in [2.24, 2.45) is 0 Å². The van der Waals surface area contributed by atoms with Gasteiger partial charge in [-0.3, -0.25) is 0 Å². The molecule has 1 saturated carbocycles. The number of nitrogens with one attached hydrogen (secondary N) is 2. The lowest BCUT2D eigenvalue weighted by Gasteiger charge is -2.24. The molecule has 1 aromatic rings. The van der Waals surface area contributed by atoms with Crippen molar-refractivity contribution in [3.63, 3.8) is 0 Å².